The molecule has 5 aromatic carbocycles. The van der Waals surface area contributed by atoms with Crippen LogP contribution >= 0.6 is 0 Å². The predicted octanol–water partition coefficient (Wildman–Crippen LogP) is 13.7. The fraction of sp³-hybridized carbons (Fsp3) is 0.306. The van der Waals surface area contributed by atoms with Crippen molar-refractivity contribution in [3.63, 3.8) is 0 Å². The normalized spacial score (nSPS) is 21.9. The van der Waals surface area contributed by atoms with E-state index in [4.69, 9.17) is 0 Å². The van der Waals surface area contributed by atoms with Crippen molar-refractivity contribution >= 4 is 12.2 Å². The molecule has 0 radical (unpaired) electrons. The van der Waals surface area contributed by atoms with E-state index in [-0.39, 0.29) is 16.2 Å². The summed E-state index contributed by atoms with van der Waals surface area (Å²) in [5.74, 6) is 0. The average Bonchev–Trinajstić information content (AvgIpc) is 3.69. The molecule has 1 fully saturated rings. The fourth-order valence-corrected chi connectivity index (χ4v) is 27.1. The van der Waals surface area contributed by atoms with Gasteiger partial charge in [-0.15, -0.1) is 0 Å². The van der Waals surface area contributed by atoms with Crippen LogP contribution in [0.5, 0.6) is 0 Å². The molecule has 5 aromatic rings. The molecule has 0 bridgehead atoms. The van der Waals surface area contributed by atoms with Crippen molar-refractivity contribution in [1.29, 1.82) is 0 Å². The maximum atomic E-state index is 2.77. The average molecular weight is 819 g/mol. The van der Waals surface area contributed by atoms with E-state index in [2.05, 4.69) is 185 Å². The molecule has 252 valence electrons. The Morgan fingerprint density at radius 1 is 0.540 bits per heavy atom. The number of hydrogen-bond donors (Lipinski definition) is 0. The van der Waals surface area contributed by atoms with E-state index in [1.54, 1.807) is 22.3 Å². The molecule has 1 heterocycles. The van der Waals surface area contributed by atoms with Gasteiger partial charge in [0.25, 0.3) is 0 Å². The summed E-state index contributed by atoms with van der Waals surface area (Å²) in [6.07, 6.45) is 6.38. The Hall–Kier alpha value is -3.55. The maximum absolute atomic E-state index is 3.22. The first-order valence-electron chi connectivity index (χ1n) is 18.6. The van der Waals surface area contributed by atoms with Gasteiger partial charge in [0.2, 0.25) is 0 Å². The number of hydrogen-bond acceptors (Lipinski definition) is 0. The summed E-state index contributed by atoms with van der Waals surface area (Å²) >= 11 is -3.22. The van der Waals surface area contributed by atoms with Crippen molar-refractivity contribution in [3.8, 4) is 22.3 Å². The van der Waals surface area contributed by atoms with E-state index >= 15 is 0 Å². The van der Waals surface area contributed by atoms with Crippen LogP contribution in [0.4, 0.5) is 0 Å². The second kappa shape index (κ2) is 11.7. The van der Waals surface area contributed by atoms with Crippen molar-refractivity contribution in [1.82, 2.24) is 0 Å². The van der Waals surface area contributed by atoms with Crippen LogP contribution in [0, 0.1) is 5.41 Å². The summed E-state index contributed by atoms with van der Waals surface area (Å²) in [4.78, 5) is 0. The molecule has 0 aromatic heterocycles. The number of allylic oxidation sites excluding steroid dienone is 2. The van der Waals surface area contributed by atoms with Gasteiger partial charge in [-0.25, -0.2) is 0 Å². The molecule has 0 spiro atoms. The van der Waals surface area contributed by atoms with Gasteiger partial charge in [0, 0.05) is 0 Å². The van der Waals surface area contributed by atoms with Crippen LogP contribution < -0.4 is 0 Å². The molecule has 1 heteroatoms. The Balaban J connectivity index is 1.34. The SMILES string of the molecule is CC1(Cc2ccccc2)C2=Cc3c(-c4cccc(C(C)(C)C)c4)cccc3[CH]2[Hf]([CH3])([CH3])[CH]2C1=Cc1c(-c3cccc(C(C)(C)C)c3)cccc12. The molecular weight excluding hydrogens is 767 g/mol. The van der Waals surface area contributed by atoms with Crippen LogP contribution in [0.25, 0.3) is 34.4 Å². The van der Waals surface area contributed by atoms with Crippen LogP contribution in [0.1, 0.15) is 94.8 Å². The van der Waals surface area contributed by atoms with Gasteiger partial charge in [0.05, 0.1) is 0 Å². The van der Waals surface area contributed by atoms with Gasteiger partial charge in [-0.1, -0.05) is 0 Å². The molecule has 3 aliphatic rings. The Morgan fingerprint density at radius 3 is 1.42 bits per heavy atom. The molecule has 0 saturated carbocycles. The summed E-state index contributed by atoms with van der Waals surface area (Å²) in [5, 5.41) is 0. The van der Waals surface area contributed by atoms with Gasteiger partial charge < -0.3 is 0 Å². The third-order valence-corrected chi connectivity index (χ3v) is 27.5. The molecule has 2 unspecified atom stereocenters. The van der Waals surface area contributed by atoms with Gasteiger partial charge in [-0.2, -0.15) is 0 Å². The van der Waals surface area contributed by atoms with Crippen LogP contribution in [-0.2, 0) is 37.2 Å². The molecule has 1 aliphatic heterocycles. The monoisotopic (exact) mass is 820 g/mol. The van der Waals surface area contributed by atoms with Gasteiger partial charge in [0.1, 0.15) is 0 Å². The molecule has 2 atom stereocenters. The van der Waals surface area contributed by atoms with E-state index in [9.17, 15) is 0 Å². The Morgan fingerprint density at radius 2 is 0.980 bits per heavy atom. The first-order chi connectivity index (χ1) is 23.7. The van der Waals surface area contributed by atoms with E-state index < -0.39 is 20.0 Å². The second-order valence-corrected chi connectivity index (χ2v) is 35.4. The molecule has 0 N–H and O–H groups in total. The molecular formula is C49H52Hf. The predicted molar refractivity (Wildman–Crippen MR) is 213 cm³/mol. The minimum absolute atomic E-state index is 0.0840. The zero-order valence-corrected chi connectivity index (χ0v) is 35.1. The third-order valence-electron chi connectivity index (χ3n) is 12.4. The molecule has 50 heavy (non-hydrogen) atoms. The zero-order chi connectivity index (χ0) is 35.2. The number of rotatable bonds is 4. The molecule has 2 aliphatic carbocycles. The van der Waals surface area contributed by atoms with E-state index in [1.807, 2.05) is 0 Å². The van der Waals surface area contributed by atoms with Gasteiger partial charge in [0.15, 0.2) is 0 Å². The standard InChI is InChI=1S/C47H46.2CH3.Hf/c1-45(2,3)37-21-11-17-33(25-37)41-23-13-19-35-27-39(29-43(35)41)47(7,31-32-15-9-8-10-16-32)40-28-36-20-14-24-42(44(36)30-40)34-18-12-22-38(26-34)46(4,5)6;;;/h8-30H,31H2,1-7H3;2*1H3;. The van der Waals surface area contributed by atoms with E-state index in [0.717, 1.165) is 6.42 Å². The van der Waals surface area contributed by atoms with Crippen LogP contribution in [-0.4, -0.2) is 0 Å². The number of benzene rings is 5. The summed E-state index contributed by atoms with van der Waals surface area (Å²) in [6.45, 7) is 16.5. The van der Waals surface area contributed by atoms with Crippen LogP contribution in [0.2, 0.25) is 9.36 Å². The van der Waals surface area contributed by atoms with Crippen LogP contribution in [0.15, 0.2) is 126 Å². The molecule has 0 amide bonds. The van der Waals surface area contributed by atoms with Crippen LogP contribution in [0.3, 0.4) is 0 Å². The fourth-order valence-electron chi connectivity index (χ4n) is 9.71. The van der Waals surface area contributed by atoms with E-state index in [0.29, 0.717) is 7.35 Å². The summed E-state index contributed by atoms with van der Waals surface area (Å²) in [7, 11) is 0. The summed E-state index contributed by atoms with van der Waals surface area (Å²) < 4.78 is 6.63. The van der Waals surface area contributed by atoms with Crippen molar-refractivity contribution < 1.29 is 20.0 Å². The van der Waals surface area contributed by atoms with Crippen molar-refractivity contribution in [2.75, 3.05) is 0 Å². The number of fused-ring (bicyclic) bond motifs is 6. The second-order valence-electron chi connectivity index (χ2n) is 18.2. The van der Waals surface area contributed by atoms with Crippen molar-refractivity contribution in [2.45, 2.75) is 82.4 Å². The minimum atomic E-state index is -3.22. The third kappa shape index (κ3) is 5.33. The van der Waals surface area contributed by atoms with Crippen molar-refractivity contribution in [2.24, 2.45) is 5.41 Å². The Bertz CT molecular complexity index is 2060. The summed E-state index contributed by atoms with van der Waals surface area (Å²) in [6, 6.07) is 44.4. The molecule has 0 nitrogen and oxygen atoms in total. The van der Waals surface area contributed by atoms with Gasteiger partial charge in [-0.3, -0.25) is 0 Å². The quantitative estimate of drug-likeness (QED) is 0.159. The van der Waals surface area contributed by atoms with E-state index in [1.165, 1.54) is 50.1 Å². The Labute approximate surface area is 305 Å². The van der Waals surface area contributed by atoms with Crippen molar-refractivity contribution in [3.05, 3.63) is 165 Å². The molecule has 8 rings (SSSR count). The summed E-state index contributed by atoms with van der Waals surface area (Å²) in [5.41, 5.74) is 19.3. The van der Waals surface area contributed by atoms with Gasteiger partial charge in [-0.05, 0) is 0 Å². The van der Waals surface area contributed by atoms with Gasteiger partial charge >= 0.3 is 308 Å². The Kier molecular flexibility index (Phi) is 7.89. The first-order valence-corrected chi connectivity index (χ1v) is 30.0. The first kappa shape index (κ1) is 33.6. The molecule has 1 saturated heterocycles. The zero-order valence-electron chi connectivity index (χ0n) is 31.5. The topological polar surface area (TPSA) is 0 Å².